The van der Waals surface area contributed by atoms with Crippen molar-refractivity contribution in [2.45, 2.75) is 18.5 Å². The molecule has 0 aliphatic carbocycles. The van der Waals surface area contributed by atoms with E-state index in [-0.39, 0.29) is 17.3 Å². The molecule has 0 spiro atoms. The first-order chi connectivity index (χ1) is 14.1. The molecule has 1 amide bonds. The molecule has 0 saturated heterocycles. The van der Waals surface area contributed by atoms with Crippen LogP contribution < -0.4 is 5.32 Å². The molecule has 0 bridgehead atoms. The molecular weight excluding hydrogens is 391 g/mol. The van der Waals surface area contributed by atoms with Gasteiger partial charge >= 0.3 is 0 Å². The minimum absolute atomic E-state index is 0.0608. The number of fused-ring (bicyclic) bond motifs is 1. The lowest BCUT2D eigenvalue weighted by Crippen LogP contribution is -2.15. The highest BCUT2D eigenvalue weighted by Crippen LogP contribution is 2.23. The van der Waals surface area contributed by atoms with Crippen LogP contribution in [0.15, 0.2) is 59.9 Å². The number of benzene rings is 2. The van der Waals surface area contributed by atoms with Crippen molar-refractivity contribution < 1.29 is 9.18 Å². The zero-order valence-electron chi connectivity index (χ0n) is 15.5. The van der Waals surface area contributed by atoms with Gasteiger partial charge in [-0.2, -0.15) is 0 Å². The Morgan fingerprint density at radius 2 is 1.93 bits per heavy atom. The Labute approximate surface area is 170 Å². The van der Waals surface area contributed by atoms with Crippen LogP contribution in [0.1, 0.15) is 11.1 Å². The number of rotatable bonds is 6. The van der Waals surface area contributed by atoms with Crippen LogP contribution in [0.2, 0.25) is 0 Å². The van der Waals surface area contributed by atoms with Crippen molar-refractivity contribution in [2.24, 2.45) is 0 Å². The number of amides is 1. The van der Waals surface area contributed by atoms with Crippen LogP contribution in [-0.2, 0) is 11.3 Å². The van der Waals surface area contributed by atoms with E-state index in [2.05, 4.69) is 25.6 Å². The molecule has 4 aromatic rings. The van der Waals surface area contributed by atoms with E-state index < -0.39 is 5.82 Å². The van der Waals surface area contributed by atoms with E-state index in [1.807, 2.05) is 31.2 Å². The highest BCUT2D eigenvalue weighted by atomic mass is 32.2. The smallest absolute Gasteiger partial charge is 0.234 e. The fourth-order valence-electron chi connectivity index (χ4n) is 2.73. The molecule has 29 heavy (non-hydrogen) atoms. The number of hydrogen-bond donors (Lipinski definition) is 1. The molecule has 9 heteroatoms. The lowest BCUT2D eigenvalue weighted by Gasteiger charge is -2.06. The van der Waals surface area contributed by atoms with Crippen LogP contribution in [0.4, 0.5) is 10.1 Å². The van der Waals surface area contributed by atoms with E-state index >= 15 is 0 Å². The van der Waals surface area contributed by atoms with Gasteiger partial charge in [-0.15, -0.1) is 5.10 Å². The molecule has 0 atom stereocenters. The van der Waals surface area contributed by atoms with Gasteiger partial charge in [0.25, 0.3) is 0 Å². The van der Waals surface area contributed by atoms with Gasteiger partial charge in [0.2, 0.25) is 5.91 Å². The summed E-state index contributed by atoms with van der Waals surface area (Å²) in [6.45, 7) is 2.57. The number of para-hydroxylation sites is 1. The molecule has 0 aliphatic heterocycles. The third kappa shape index (κ3) is 4.40. The number of halogens is 1. The van der Waals surface area contributed by atoms with E-state index in [1.165, 1.54) is 35.8 Å². The summed E-state index contributed by atoms with van der Waals surface area (Å²) >= 11 is 1.20. The third-order valence-corrected chi connectivity index (χ3v) is 5.19. The van der Waals surface area contributed by atoms with E-state index in [0.717, 1.165) is 5.56 Å². The highest BCUT2D eigenvalue weighted by Gasteiger charge is 2.14. The summed E-state index contributed by atoms with van der Waals surface area (Å²) < 4.78 is 15.4. The monoisotopic (exact) mass is 408 g/mol. The molecule has 146 valence electrons. The van der Waals surface area contributed by atoms with Gasteiger partial charge in [0.05, 0.1) is 18.0 Å². The van der Waals surface area contributed by atoms with Gasteiger partial charge in [-0.1, -0.05) is 58.9 Å². The van der Waals surface area contributed by atoms with Crippen LogP contribution in [0.5, 0.6) is 0 Å². The number of carbonyl (C=O) groups is 1. The number of anilines is 1. The molecule has 2 aromatic heterocycles. The first kappa shape index (κ1) is 19.0. The Hall–Kier alpha value is -3.33. The average Bonchev–Trinajstić information content (AvgIpc) is 3.13. The number of aryl methyl sites for hydroxylation is 1. The summed E-state index contributed by atoms with van der Waals surface area (Å²) in [6.07, 6.45) is 1.43. The Balaban J connectivity index is 1.47. The topological polar surface area (TPSA) is 85.6 Å². The zero-order valence-corrected chi connectivity index (χ0v) is 16.4. The zero-order chi connectivity index (χ0) is 20.2. The van der Waals surface area contributed by atoms with Gasteiger partial charge in [0.1, 0.15) is 17.2 Å². The van der Waals surface area contributed by atoms with E-state index in [9.17, 15) is 9.18 Å². The Morgan fingerprint density at radius 1 is 1.14 bits per heavy atom. The first-order valence-corrected chi connectivity index (χ1v) is 9.85. The predicted molar refractivity (Wildman–Crippen MR) is 109 cm³/mol. The standard InChI is InChI=1S/C20H17FN6OS/c1-13-6-8-14(9-7-13)10-27-19-18(25-26-27)20(23-12-22-19)29-11-17(28)24-16-5-3-2-4-15(16)21/h2-9,12H,10-11H2,1H3,(H,24,28). The molecule has 4 rings (SSSR count). The molecule has 2 aromatic carbocycles. The van der Waals surface area contributed by atoms with Crippen LogP contribution >= 0.6 is 11.8 Å². The second-order valence-corrected chi connectivity index (χ2v) is 7.36. The van der Waals surface area contributed by atoms with Crippen LogP contribution in [0.3, 0.4) is 0 Å². The molecule has 0 aliphatic rings. The lowest BCUT2D eigenvalue weighted by atomic mass is 10.1. The number of aromatic nitrogens is 5. The molecule has 2 heterocycles. The second kappa shape index (κ2) is 8.36. The summed E-state index contributed by atoms with van der Waals surface area (Å²) in [4.78, 5) is 20.7. The van der Waals surface area contributed by atoms with Gasteiger partial charge in [-0.25, -0.2) is 19.0 Å². The van der Waals surface area contributed by atoms with Gasteiger partial charge in [0.15, 0.2) is 11.2 Å². The number of carbonyl (C=O) groups excluding carboxylic acids is 1. The van der Waals surface area contributed by atoms with Crippen LogP contribution in [-0.4, -0.2) is 36.6 Å². The quantitative estimate of drug-likeness (QED) is 0.389. The first-order valence-electron chi connectivity index (χ1n) is 8.87. The van der Waals surface area contributed by atoms with Crippen LogP contribution in [0.25, 0.3) is 11.2 Å². The second-order valence-electron chi connectivity index (χ2n) is 6.40. The van der Waals surface area contributed by atoms with Gasteiger partial charge < -0.3 is 5.32 Å². The van der Waals surface area contributed by atoms with E-state index in [4.69, 9.17) is 0 Å². The molecular formula is C20H17FN6OS. The SMILES string of the molecule is Cc1ccc(Cn2nnc3c(SCC(=O)Nc4ccccc4F)ncnc32)cc1. The van der Waals surface area contributed by atoms with E-state index in [1.54, 1.807) is 16.8 Å². The van der Waals surface area contributed by atoms with Crippen molar-refractivity contribution in [2.75, 3.05) is 11.1 Å². The van der Waals surface area contributed by atoms with Gasteiger partial charge in [-0.3, -0.25) is 4.79 Å². The summed E-state index contributed by atoms with van der Waals surface area (Å²) in [5.74, 6) is -0.751. The lowest BCUT2D eigenvalue weighted by molar-refractivity contribution is -0.113. The Morgan fingerprint density at radius 3 is 2.72 bits per heavy atom. The average molecular weight is 408 g/mol. The van der Waals surface area contributed by atoms with Crippen molar-refractivity contribution in [1.29, 1.82) is 0 Å². The summed E-state index contributed by atoms with van der Waals surface area (Å²) in [7, 11) is 0. The highest BCUT2D eigenvalue weighted by molar-refractivity contribution is 8.00. The Bertz CT molecular complexity index is 1160. The fourth-order valence-corrected chi connectivity index (χ4v) is 3.46. The van der Waals surface area contributed by atoms with Crippen molar-refractivity contribution in [1.82, 2.24) is 25.0 Å². The molecule has 0 saturated carbocycles. The minimum atomic E-state index is -0.477. The molecule has 0 unspecified atom stereocenters. The van der Waals surface area contributed by atoms with Gasteiger partial charge in [-0.05, 0) is 24.6 Å². The van der Waals surface area contributed by atoms with Crippen molar-refractivity contribution in [3.8, 4) is 0 Å². The maximum Gasteiger partial charge on any atom is 0.234 e. The largest absolute Gasteiger partial charge is 0.323 e. The molecule has 7 nitrogen and oxygen atoms in total. The van der Waals surface area contributed by atoms with Crippen molar-refractivity contribution in [3.63, 3.8) is 0 Å². The number of thioether (sulfide) groups is 1. The predicted octanol–water partition coefficient (Wildman–Crippen LogP) is 3.45. The number of nitrogens with zero attached hydrogens (tertiary/aromatic N) is 5. The molecule has 0 fully saturated rings. The number of nitrogens with one attached hydrogen (secondary N) is 1. The normalized spacial score (nSPS) is 11.0. The summed E-state index contributed by atoms with van der Waals surface area (Å²) in [6, 6.07) is 14.2. The summed E-state index contributed by atoms with van der Waals surface area (Å²) in [5, 5.41) is 11.5. The van der Waals surface area contributed by atoms with Crippen molar-refractivity contribution >= 4 is 34.5 Å². The fraction of sp³-hybridized carbons (Fsp3) is 0.150. The maximum absolute atomic E-state index is 13.7. The van der Waals surface area contributed by atoms with Crippen LogP contribution in [0, 0.1) is 12.7 Å². The van der Waals surface area contributed by atoms with Crippen molar-refractivity contribution in [3.05, 3.63) is 71.8 Å². The van der Waals surface area contributed by atoms with E-state index in [0.29, 0.717) is 22.7 Å². The molecule has 1 N–H and O–H groups in total. The number of hydrogen-bond acceptors (Lipinski definition) is 6. The summed E-state index contributed by atoms with van der Waals surface area (Å²) in [5.41, 5.74) is 3.54. The minimum Gasteiger partial charge on any atom is -0.323 e. The Kier molecular flexibility index (Phi) is 5.48. The third-order valence-electron chi connectivity index (χ3n) is 4.21. The maximum atomic E-state index is 13.7. The molecule has 0 radical (unpaired) electrons. The van der Waals surface area contributed by atoms with Gasteiger partial charge in [0, 0.05) is 0 Å².